The Bertz CT molecular complexity index is 860. The van der Waals surface area contributed by atoms with Crippen molar-refractivity contribution < 1.29 is 19.7 Å². The quantitative estimate of drug-likeness (QED) is 0.323. The van der Waals surface area contributed by atoms with E-state index in [2.05, 4.69) is 41.5 Å². The van der Waals surface area contributed by atoms with Crippen LogP contribution in [0.3, 0.4) is 0 Å². The fraction of sp³-hybridized carbons (Fsp3) is 0.903. The van der Waals surface area contributed by atoms with Gasteiger partial charge < -0.3 is 14.9 Å². The van der Waals surface area contributed by atoms with E-state index < -0.39 is 0 Å². The molecule has 4 rings (SSSR count). The third-order valence-electron chi connectivity index (χ3n) is 12.5. The highest BCUT2D eigenvalue weighted by atomic mass is 16.5. The van der Waals surface area contributed by atoms with Crippen molar-refractivity contribution in [1.29, 1.82) is 0 Å². The minimum Gasteiger partial charge on any atom is -0.469 e. The van der Waals surface area contributed by atoms with Gasteiger partial charge in [0.1, 0.15) is 0 Å². The number of methoxy groups -OCH3 is 1. The summed E-state index contributed by atoms with van der Waals surface area (Å²) < 4.78 is 4.88. The molecule has 35 heavy (non-hydrogen) atoms. The van der Waals surface area contributed by atoms with E-state index in [4.69, 9.17) is 4.74 Å². The lowest BCUT2D eigenvalue weighted by molar-refractivity contribution is -0.145. The fourth-order valence-electron chi connectivity index (χ4n) is 9.83. The van der Waals surface area contributed by atoms with E-state index in [0.717, 1.165) is 12.8 Å². The Morgan fingerprint density at radius 3 is 2.31 bits per heavy atom. The largest absolute Gasteiger partial charge is 0.469 e. The second-order valence-corrected chi connectivity index (χ2v) is 14.2. The molecular weight excluding hydrogens is 436 g/mol. The molecule has 0 radical (unpaired) electrons. The summed E-state index contributed by atoms with van der Waals surface area (Å²) in [4.78, 5) is 11.8. The highest BCUT2D eigenvalue weighted by Crippen LogP contribution is 2.72. The van der Waals surface area contributed by atoms with E-state index in [1.807, 2.05) is 6.92 Å². The molecule has 0 aromatic carbocycles. The first-order valence-corrected chi connectivity index (χ1v) is 14.4. The van der Waals surface area contributed by atoms with Crippen molar-refractivity contribution in [1.82, 2.24) is 0 Å². The molecule has 0 spiro atoms. The first-order chi connectivity index (χ1) is 16.2. The van der Waals surface area contributed by atoms with Crippen LogP contribution >= 0.6 is 0 Å². The van der Waals surface area contributed by atoms with Gasteiger partial charge in [0.15, 0.2) is 0 Å². The maximum absolute atomic E-state index is 11.8. The molecule has 0 aromatic heterocycles. The lowest BCUT2D eigenvalue weighted by Gasteiger charge is -2.62. The second-order valence-electron chi connectivity index (χ2n) is 14.2. The van der Waals surface area contributed by atoms with Crippen LogP contribution in [0.5, 0.6) is 0 Å². The number of aliphatic hydroxyl groups excluding tert-OH is 2. The summed E-state index contributed by atoms with van der Waals surface area (Å²) in [7, 11) is 1.44. The number of esters is 1. The first-order valence-electron chi connectivity index (χ1n) is 14.4. The topological polar surface area (TPSA) is 66.8 Å². The third kappa shape index (κ3) is 3.95. The molecule has 2 saturated carbocycles. The Morgan fingerprint density at radius 2 is 1.66 bits per heavy atom. The summed E-state index contributed by atoms with van der Waals surface area (Å²) in [6.45, 7) is 16.3. The third-order valence-corrected chi connectivity index (χ3v) is 12.5. The molecule has 200 valence electrons. The molecule has 9 unspecified atom stereocenters. The number of carbonyl (C=O) groups excluding carboxylic acids is 1. The van der Waals surface area contributed by atoms with Crippen LogP contribution in [0.25, 0.3) is 0 Å². The maximum Gasteiger partial charge on any atom is 0.308 e. The van der Waals surface area contributed by atoms with E-state index in [9.17, 15) is 15.0 Å². The summed E-state index contributed by atoms with van der Waals surface area (Å²) in [6, 6.07) is 0. The summed E-state index contributed by atoms with van der Waals surface area (Å²) in [5.41, 5.74) is 4.09. The van der Waals surface area contributed by atoms with Gasteiger partial charge in [0, 0.05) is 0 Å². The van der Waals surface area contributed by atoms with Gasteiger partial charge in [-0.05, 0) is 104 Å². The van der Waals surface area contributed by atoms with Crippen molar-refractivity contribution in [2.75, 3.05) is 7.11 Å². The van der Waals surface area contributed by atoms with E-state index in [-0.39, 0.29) is 51.7 Å². The van der Waals surface area contributed by atoms with Crippen molar-refractivity contribution in [2.24, 2.45) is 45.3 Å². The molecule has 0 heterocycles. The van der Waals surface area contributed by atoms with Crippen molar-refractivity contribution in [2.45, 2.75) is 125 Å². The Kier molecular flexibility index (Phi) is 7.11. The van der Waals surface area contributed by atoms with E-state index in [1.165, 1.54) is 45.6 Å². The zero-order valence-electron chi connectivity index (χ0n) is 23.7. The summed E-state index contributed by atoms with van der Waals surface area (Å²) in [5.74, 6) is 0.937. The average Bonchev–Trinajstić information content (AvgIpc) is 3.10. The van der Waals surface area contributed by atoms with E-state index in [1.54, 1.807) is 11.1 Å². The summed E-state index contributed by atoms with van der Waals surface area (Å²) >= 11 is 0. The molecule has 0 aliphatic heterocycles. The number of ether oxygens (including phenoxy) is 1. The smallest absolute Gasteiger partial charge is 0.308 e. The van der Waals surface area contributed by atoms with Crippen LogP contribution in [0.2, 0.25) is 0 Å². The number of carbonyl (C=O) groups is 1. The fourth-order valence-corrected chi connectivity index (χ4v) is 9.83. The average molecular weight is 489 g/mol. The lowest BCUT2D eigenvalue weighted by Crippen LogP contribution is -2.55. The van der Waals surface area contributed by atoms with Crippen LogP contribution in [0, 0.1) is 45.3 Å². The number of aliphatic hydroxyl groups is 2. The van der Waals surface area contributed by atoms with Gasteiger partial charge >= 0.3 is 5.97 Å². The number of hydrogen-bond acceptors (Lipinski definition) is 4. The van der Waals surface area contributed by atoms with Crippen LogP contribution in [-0.2, 0) is 9.53 Å². The number of hydrogen-bond donors (Lipinski definition) is 2. The van der Waals surface area contributed by atoms with Crippen molar-refractivity contribution >= 4 is 5.97 Å². The lowest BCUT2D eigenvalue weighted by atomic mass is 9.43. The minimum atomic E-state index is -0.379. The summed E-state index contributed by atoms with van der Waals surface area (Å²) in [6.07, 6.45) is 9.95. The van der Waals surface area contributed by atoms with Crippen LogP contribution in [-0.4, -0.2) is 35.5 Å². The van der Waals surface area contributed by atoms with Gasteiger partial charge in [-0.15, -0.1) is 0 Å². The Labute approximate surface area is 214 Å². The number of rotatable bonds is 6. The Hall–Kier alpha value is -0.870. The first kappa shape index (κ1) is 27.2. The SMILES string of the molecule is COC(=O)C(C)CCC(O)C(C)C1CCC2(C)C3=C(CCC12C)C1(C)CCC(O)C(C)(C)C1CC3. The second kappa shape index (κ2) is 9.15. The molecule has 4 nitrogen and oxygen atoms in total. The minimum absolute atomic E-state index is 0.0225. The molecule has 2 N–H and O–H groups in total. The van der Waals surface area contributed by atoms with Gasteiger partial charge in [0.05, 0.1) is 25.2 Å². The van der Waals surface area contributed by atoms with Gasteiger partial charge in [0.25, 0.3) is 0 Å². The van der Waals surface area contributed by atoms with Gasteiger partial charge in [-0.25, -0.2) is 0 Å². The molecule has 0 aromatic rings. The zero-order valence-corrected chi connectivity index (χ0v) is 23.7. The normalized spacial score (nSPS) is 43.0. The van der Waals surface area contributed by atoms with E-state index >= 15 is 0 Å². The van der Waals surface area contributed by atoms with Gasteiger partial charge in [-0.3, -0.25) is 4.79 Å². The maximum atomic E-state index is 11.8. The van der Waals surface area contributed by atoms with Crippen molar-refractivity contribution in [3.8, 4) is 0 Å². The van der Waals surface area contributed by atoms with Crippen LogP contribution < -0.4 is 0 Å². The molecule has 4 aliphatic rings. The van der Waals surface area contributed by atoms with Crippen LogP contribution in [0.4, 0.5) is 0 Å². The van der Waals surface area contributed by atoms with Crippen LogP contribution in [0.1, 0.15) is 113 Å². The molecular formula is C31H52O4. The number of allylic oxidation sites excluding steroid dienone is 2. The Balaban J connectivity index is 1.57. The number of fused-ring (bicyclic) bond motifs is 4. The predicted molar refractivity (Wildman–Crippen MR) is 141 cm³/mol. The predicted octanol–water partition coefficient (Wildman–Crippen LogP) is 6.68. The zero-order chi connectivity index (χ0) is 26.0. The van der Waals surface area contributed by atoms with E-state index in [0.29, 0.717) is 24.7 Å². The monoisotopic (exact) mass is 488 g/mol. The van der Waals surface area contributed by atoms with Crippen molar-refractivity contribution in [3.63, 3.8) is 0 Å². The Morgan fingerprint density at radius 1 is 0.971 bits per heavy atom. The molecule has 2 fully saturated rings. The molecule has 0 amide bonds. The van der Waals surface area contributed by atoms with Gasteiger partial charge in [0.2, 0.25) is 0 Å². The van der Waals surface area contributed by atoms with Gasteiger partial charge in [-0.2, -0.15) is 0 Å². The molecule has 4 heteroatoms. The van der Waals surface area contributed by atoms with Crippen LogP contribution in [0.15, 0.2) is 11.1 Å². The standard InChI is InChI=1S/C31H52O4/c1-19(27(34)35-8)9-11-24(32)20(2)21-13-17-31(7)23-10-12-25-28(3,4)26(33)15-16-29(25,5)22(23)14-18-30(21,31)6/h19-21,24-26,32-33H,9-18H2,1-8H3. The van der Waals surface area contributed by atoms with Gasteiger partial charge in [-0.1, -0.05) is 59.6 Å². The molecule has 0 bridgehead atoms. The molecule has 9 atom stereocenters. The summed E-state index contributed by atoms with van der Waals surface area (Å²) in [5, 5.41) is 22.0. The van der Waals surface area contributed by atoms with Crippen molar-refractivity contribution in [3.05, 3.63) is 11.1 Å². The highest BCUT2D eigenvalue weighted by molar-refractivity contribution is 5.71. The highest BCUT2D eigenvalue weighted by Gasteiger charge is 2.63. The molecule has 4 aliphatic carbocycles. The molecule has 0 saturated heterocycles.